The third kappa shape index (κ3) is 2.95. The van der Waals surface area contributed by atoms with E-state index in [0.717, 1.165) is 23.3 Å². The van der Waals surface area contributed by atoms with E-state index in [4.69, 9.17) is 4.74 Å². The summed E-state index contributed by atoms with van der Waals surface area (Å²) in [5.41, 5.74) is 1.14. The Balaban J connectivity index is 1.56. The molecule has 1 spiro atoms. The van der Waals surface area contributed by atoms with Crippen LogP contribution in [0.3, 0.4) is 0 Å². The zero-order valence-corrected chi connectivity index (χ0v) is 15.7. The molecular formula is C22H22N2O4. The Morgan fingerprint density at radius 2 is 1.89 bits per heavy atom. The highest BCUT2D eigenvalue weighted by Crippen LogP contribution is 2.40. The van der Waals surface area contributed by atoms with E-state index in [1.807, 2.05) is 18.2 Å². The summed E-state index contributed by atoms with van der Waals surface area (Å²) in [6.07, 6.45) is 2.32. The molecule has 2 aliphatic heterocycles. The minimum atomic E-state index is -1.16. The van der Waals surface area contributed by atoms with Crippen LogP contribution in [-0.4, -0.2) is 35.8 Å². The highest BCUT2D eigenvalue weighted by Gasteiger charge is 2.55. The Bertz CT molecular complexity index is 938. The predicted molar refractivity (Wildman–Crippen MR) is 103 cm³/mol. The smallest absolute Gasteiger partial charge is 0.325 e. The second kappa shape index (κ2) is 7.11. The fourth-order valence-corrected chi connectivity index (χ4v) is 3.90. The van der Waals surface area contributed by atoms with Gasteiger partial charge in [-0.15, -0.1) is 0 Å². The first-order valence-corrected chi connectivity index (χ1v) is 9.54. The van der Waals surface area contributed by atoms with Gasteiger partial charge in [-0.1, -0.05) is 55.8 Å². The number of Topliss-reactive ketones (excluding diaryl/α,β-unsaturated/α-hetero) is 1. The van der Waals surface area contributed by atoms with E-state index in [1.54, 1.807) is 30.3 Å². The van der Waals surface area contributed by atoms with Gasteiger partial charge in [0.1, 0.15) is 5.75 Å². The van der Waals surface area contributed by atoms with Gasteiger partial charge in [-0.2, -0.15) is 0 Å². The SMILES string of the molecule is CCCc1ccc(C(=O)CN2C(=O)NC3(CCOc4ccccc43)C2=O)cc1. The first-order chi connectivity index (χ1) is 13.5. The fourth-order valence-electron chi connectivity index (χ4n) is 3.90. The number of urea groups is 1. The number of hydrogen-bond acceptors (Lipinski definition) is 4. The standard InChI is InChI=1S/C22H22N2O4/c1-2-5-15-8-10-16(11-9-15)18(25)14-24-20(26)22(23-21(24)27)12-13-28-19-7-4-3-6-17(19)22/h3-4,6-11H,2,5,12-14H2,1H3,(H,23,27). The van der Waals surface area contributed by atoms with Crippen molar-refractivity contribution in [2.45, 2.75) is 31.7 Å². The van der Waals surface area contributed by atoms with Gasteiger partial charge in [-0.25, -0.2) is 4.79 Å². The molecule has 1 unspecified atom stereocenters. The molecule has 6 heteroatoms. The number of imide groups is 1. The van der Waals surface area contributed by atoms with Gasteiger partial charge in [0.05, 0.1) is 13.2 Å². The third-order valence-corrected chi connectivity index (χ3v) is 5.37. The maximum atomic E-state index is 13.2. The number of rotatable bonds is 5. The zero-order chi connectivity index (χ0) is 19.7. The average molecular weight is 378 g/mol. The second-order valence-corrected chi connectivity index (χ2v) is 7.19. The number of hydrogen-bond donors (Lipinski definition) is 1. The van der Waals surface area contributed by atoms with E-state index in [0.29, 0.717) is 29.9 Å². The van der Waals surface area contributed by atoms with E-state index in [-0.39, 0.29) is 12.3 Å². The summed E-state index contributed by atoms with van der Waals surface area (Å²) >= 11 is 0. The summed E-state index contributed by atoms with van der Waals surface area (Å²) < 4.78 is 5.62. The van der Waals surface area contributed by atoms with Crippen LogP contribution < -0.4 is 10.1 Å². The van der Waals surface area contributed by atoms with Gasteiger partial charge in [0.25, 0.3) is 5.91 Å². The lowest BCUT2D eigenvalue weighted by atomic mass is 9.84. The average Bonchev–Trinajstić information content (AvgIpc) is 2.94. The molecule has 2 aromatic rings. The van der Waals surface area contributed by atoms with Crippen LogP contribution in [0.1, 0.15) is 41.3 Å². The molecule has 3 amide bonds. The Labute approximate surface area is 163 Å². The Morgan fingerprint density at radius 3 is 2.64 bits per heavy atom. The minimum Gasteiger partial charge on any atom is -0.493 e. The van der Waals surface area contributed by atoms with Crippen LogP contribution in [0.4, 0.5) is 4.79 Å². The van der Waals surface area contributed by atoms with Crippen LogP contribution >= 0.6 is 0 Å². The molecule has 0 saturated carbocycles. The van der Waals surface area contributed by atoms with Crippen LogP contribution in [0.2, 0.25) is 0 Å². The number of nitrogens with one attached hydrogen (secondary N) is 1. The summed E-state index contributed by atoms with van der Waals surface area (Å²) in [5.74, 6) is -0.0739. The number of ketones is 1. The molecule has 6 nitrogen and oxygen atoms in total. The zero-order valence-electron chi connectivity index (χ0n) is 15.7. The van der Waals surface area contributed by atoms with Crippen molar-refractivity contribution in [1.29, 1.82) is 0 Å². The van der Waals surface area contributed by atoms with Crippen LogP contribution in [0.15, 0.2) is 48.5 Å². The van der Waals surface area contributed by atoms with Gasteiger partial charge in [-0.05, 0) is 18.1 Å². The monoisotopic (exact) mass is 378 g/mol. The molecule has 144 valence electrons. The third-order valence-electron chi connectivity index (χ3n) is 5.37. The maximum absolute atomic E-state index is 13.2. The molecule has 1 fully saturated rings. The molecule has 0 radical (unpaired) electrons. The number of carbonyl (C=O) groups is 3. The van der Waals surface area contributed by atoms with Crippen LogP contribution in [0.5, 0.6) is 5.75 Å². The fraction of sp³-hybridized carbons (Fsp3) is 0.318. The van der Waals surface area contributed by atoms with Crippen LogP contribution in [0, 0.1) is 0 Å². The first-order valence-electron chi connectivity index (χ1n) is 9.54. The number of aryl methyl sites for hydroxylation is 1. The van der Waals surface area contributed by atoms with Crippen molar-refractivity contribution in [3.05, 3.63) is 65.2 Å². The van der Waals surface area contributed by atoms with Crippen molar-refractivity contribution in [3.8, 4) is 5.75 Å². The van der Waals surface area contributed by atoms with E-state index in [1.165, 1.54) is 0 Å². The van der Waals surface area contributed by atoms with E-state index in [9.17, 15) is 14.4 Å². The molecule has 2 aromatic carbocycles. The normalized spacial score (nSPS) is 20.7. The van der Waals surface area contributed by atoms with Crippen LogP contribution in [0.25, 0.3) is 0 Å². The summed E-state index contributed by atoms with van der Waals surface area (Å²) in [7, 11) is 0. The number of ether oxygens (including phenoxy) is 1. The Hall–Kier alpha value is -3.15. The molecular weight excluding hydrogens is 356 g/mol. The Morgan fingerprint density at radius 1 is 1.14 bits per heavy atom. The number of benzene rings is 2. The Kier molecular flexibility index (Phi) is 4.63. The molecule has 28 heavy (non-hydrogen) atoms. The van der Waals surface area contributed by atoms with Gasteiger partial charge in [-0.3, -0.25) is 14.5 Å². The summed E-state index contributed by atoms with van der Waals surface area (Å²) in [5, 5.41) is 2.81. The summed E-state index contributed by atoms with van der Waals surface area (Å²) in [6, 6.07) is 14.0. The van der Waals surface area contributed by atoms with E-state index in [2.05, 4.69) is 12.2 Å². The van der Waals surface area contributed by atoms with Gasteiger partial charge >= 0.3 is 6.03 Å². The molecule has 1 saturated heterocycles. The lowest BCUT2D eigenvalue weighted by Gasteiger charge is -2.33. The van der Waals surface area contributed by atoms with Crippen molar-refractivity contribution in [3.63, 3.8) is 0 Å². The maximum Gasteiger partial charge on any atom is 0.325 e. The van der Waals surface area contributed by atoms with Gasteiger partial charge < -0.3 is 10.1 Å². The molecule has 0 aromatic heterocycles. The molecule has 2 heterocycles. The summed E-state index contributed by atoms with van der Waals surface area (Å²) in [4.78, 5) is 39.5. The minimum absolute atomic E-state index is 0.260. The van der Waals surface area contributed by atoms with Crippen molar-refractivity contribution in [2.24, 2.45) is 0 Å². The largest absolute Gasteiger partial charge is 0.493 e. The number of carbonyl (C=O) groups excluding carboxylic acids is 3. The molecule has 2 aliphatic rings. The first kappa shape index (κ1) is 18.2. The molecule has 0 aliphatic carbocycles. The number of para-hydroxylation sites is 1. The molecule has 0 bridgehead atoms. The number of fused-ring (bicyclic) bond motifs is 2. The predicted octanol–water partition coefficient (Wildman–Crippen LogP) is 3.05. The summed E-state index contributed by atoms with van der Waals surface area (Å²) in [6.45, 7) is 2.15. The molecule has 4 rings (SSSR count). The topological polar surface area (TPSA) is 75.7 Å². The highest BCUT2D eigenvalue weighted by atomic mass is 16.5. The number of amides is 3. The lowest BCUT2D eigenvalue weighted by molar-refractivity contribution is -0.132. The molecule has 1 N–H and O–H groups in total. The highest BCUT2D eigenvalue weighted by molar-refractivity contribution is 6.11. The molecule has 1 atom stereocenters. The lowest BCUT2D eigenvalue weighted by Crippen LogP contribution is -2.47. The van der Waals surface area contributed by atoms with Crippen molar-refractivity contribution in [1.82, 2.24) is 10.2 Å². The van der Waals surface area contributed by atoms with Crippen molar-refractivity contribution in [2.75, 3.05) is 13.2 Å². The van der Waals surface area contributed by atoms with E-state index < -0.39 is 17.5 Å². The van der Waals surface area contributed by atoms with Gasteiger partial charge in [0, 0.05) is 17.5 Å². The quantitative estimate of drug-likeness (QED) is 0.641. The number of nitrogens with zero attached hydrogens (tertiary/aromatic N) is 1. The van der Waals surface area contributed by atoms with Gasteiger partial charge in [0.2, 0.25) is 0 Å². The second-order valence-electron chi connectivity index (χ2n) is 7.19. The van der Waals surface area contributed by atoms with Crippen molar-refractivity contribution < 1.29 is 19.1 Å². The van der Waals surface area contributed by atoms with E-state index >= 15 is 0 Å². The van der Waals surface area contributed by atoms with Crippen LogP contribution in [-0.2, 0) is 16.8 Å². The van der Waals surface area contributed by atoms with Gasteiger partial charge in [0.15, 0.2) is 11.3 Å². The van der Waals surface area contributed by atoms with Crippen molar-refractivity contribution >= 4 is 17.7 Å².